The summed E-state index contributed by atoms with van der Waals surface area (Å²) in [6.07, 6.45) is -0.669. The Bertz CT molecular complexity index is 1650. The predicted octanol–water partition coefficient (Wildman–Crippen LogP) is 5.09. The molecular formula is C39H48FN5O6. The normalized spacial score (nSPS) is 19.5. The number of nitrogens with one attached hydrogen (secondary N) is 2. The molecule has 0 unspecified atom stereocenters. The van der Waals surface area contributed by atoms with Crippen molar-refractivity contribution >= 4 is 23.9 Å². The van der Waals surface area contributed by atoms with Gasteiger partial charge in [0.15, 0.2) is 0 Å². The molecule has 3 aromatic rings. The highest BCUT2D eigenvalue weighted by Crippen LogP contribution is 2.36. The molecule has 5 rings (SSSR count). The van der Waals surface area contributed by atoms with Gasteiger partial charge in [-0.25, -0.2) is 14.0 Å². The maximum absolute atomic E-state index is 14.5. The second kappa shape index (κ2) is 16.4. The van der Waals surface area contributed by atoms with Gasteiger partial charge < -0.3 is 29.9 Å². The Balaban J connectivity index is 1.29. The SMILES string of the molecule is C[C@@H](C(=O)N[C@H](C(=O)N1CC[C@@H]2[C@H]1[C@@H](OCc1ccc(F)cc1)CN2C(=O)NCc1ccccc1)C(C)(C)C)N(C)C(=O)OCc1ccccc1. The zero-order valence-corrected chi connectivity index (χ0v) is 29.9. The minimum Gasteiger partial charge on any atom is -0.445 e. The Kier molecular flexibility index (Phi) is 12.0. The lowest BCUT2D eigenvalue weighted by Gasteiger charge is -2.37. The molecule has 3 aromatic carbocycles. The van der Waals surface area contributed by atoms with E-state index in [2.05, 4.69) is 10.6 Å². The molecule has 2 aliphatic heterocycles. The number of likely N-dealkylation sites (N-methyl/N-ethyl adjacent to an activating group) is 1. The maximum Gasteiger partial charge on any atom is 0.410 e. The second-order valence-corrected chi connectivity index (χ2v) is 14.3. The molecule has 0 saturated carbocycles. The molecule has 2 heterocycles. The summed E-state index contributed by atoms with van der Waals surface area (Å²) in [7, 11) is 1.48. The smallest absolute Gasteiger partial charge is 0.410 e. The van der Waals surface area contributed by atoms with E-state index in [1.54, 1.807) is 28.9 Å². The Labute approximate surface area is 299 Å². The van der Waals surface area contributed by atoms with E-state index < -0.39 is 41.6 Å². The fraction of sp³-hybridized carbons (Fsp3) is 0.436. The summed E-state index contributed by atoms with van der Waals surface area (Å²) in [5.41, 5.74) is 1.84. The molecule has 0 aromatic heterocycles. The summed E-state index contributed by atoms with van der Waals surface area (Å²) in [5, 5.41) is 5.93. The number of benzene rings is 3. The first-order valence-electron chi connectivity index (χ1n) is 17.3. The zero-order valence-electron chi connectivity index (χ0n) is 29.9. The fourth-order valence-corrected chi connectivity index (χ4v) is 6.56. The van der Waals surface area contributed by atoms with E-state index in [1.807, 2.05) is 81.4 Å². The highest BCUT2D eigenvalue weighted by Gasteiger charge is 2.54. The summed E-state index contributed by atoms with van der Waals surface area (Å²) < 4.78 is 25.4. The average molecular weight is 702 g/mol. The first-order chi connectivity index (χ1) is 24.3. The van der Waals surface area contributed by atoms with Crippen LogP contribution in [0.3, 0.4) is 0 Å². The van der Waals surface area contributed by atoms with E-state index in [-0.39, 0.29) is 43.6 Å². The molecule has 11 nitrogen and oxygen atoms in total. The number of halogens is 1. The van der Waals surface area contributed by atoms with Crippen LogP contribution < -0.4 is 10.6 Å². The van der Waals surface area contributed by atoms with Crippen LogP contribution in [0.4, 0.5) is 14.0 Å². The summed E-state index contributed by atoms with van der Waals surface area (Å²) in [4.78, 5) is 59.1. The second-order valence-electron chi connectivity index (χ2n) is 14.3. The lowest BCUT2D eigenvalue weighted by molar-refractivity contribution is -0.143. The Morgan fingerprint density at radius 3 is 2.12 bits per heavy atom. The van der Waals surface area contributed by atoms with E-state index in [1.165, 1.54) is 24.1 Å². The summed E-state index contributed by atoms with van der Waals surface area (Å²) >= 11 is 0. The van der Waals surface area contributed by atoms with Crippen molar-refractivity contribution in [2.75, 3.05) is 20.1 Å². The molecule has 2 N–H and O–H groups in total. The Morgan fingerprint density at radius 2 is 1.49 bits per heavy atom. The molecule has 0 spiro atoms. The van der Waals surface area contributed by atoms with Crippen molar-refractivity contribution in [3.8, 4) is 0 Å². The summed E-state index contributed by atoms with van der Waals surface area (Å²) in [5.74, 6) is -1.16. The monoisotopic (exact) mass is 701 g/mol. The van der Waals surface area contributed by atoms with Gasteiger partial charge in [-0.2, -0.15) is 0 Å². The van der Waals surface area contributed by atoms with Crippen LogP contribution in [-0.4, -0.2) is 89.0 Å². The number of carbonyl (C=O) groups excluding carboxylic acids is 4. The third kappa shape index (κ3) is 9.23. The van der Waals surface area contributed by atoms with Crippen LogP contribution in [0.25, 0.3) is 0 Å². The van der Waals surface area contributed by atoms with Gasteiger partial charge in [-0.1, -0.05) is 93.6 Å². The number of carbonyl (C=O) groups is 4. The predicted molar refractivity (Wildman–Crippen MR) is 190 cm³/mol. The van der Waals surface area contributed by atoms with Gasteiger partial charge in [0.2, 0.25) is 11.8 Å². The van der Waals surface area contributed by atoms with Crippen LogP contribution in [0.1, 0.15) is 50.8 Å². The fourth-order valence-electron chi connectivity index (χ4n) is 6.56. The van der Waals surface area contributed by atoms with Gasteiger partial charge in [-0.3, -0.25) is 14.5 Å². The number of rotatable bonds is 11. The van der Waals surface area contributed by atoms with Crippen molar-refractivity contribution < 1.29 is 33.0 Å². The van der Waals surface area contributed by atoms with Crippen molar-refractivity contribution in [2.45, 2.75) is 84.1 Å². The first kappa shape index (κ1) is 37.3. The minimum absolute atomic E-state index is 0.0602. The van der Waals surface area contributed by atoms with E-state index in [9.17, 15) is 23.6 Å². The quantitative estimate of drug-likeness (QED) is 0.288. The molecule has 12 heteroatoms. The van der Waals surface area contributed by atoms with Crippen LogP contribution >= 0.6 is 0 Å². The van der Waals surface area contributed by atoms with Crippen LogP contribution in [0.15, 0.2) is 84.9 Å². The number of ether oxygens (including phenoxy) is 2. The Morgan fingerprint density at radius 1 is 0.882 bits per heavy atom. The van der Waals surface area contributed by atoms with Crippen LogP contribution in [0, 0.1) is 11.2 Å². The van der Waals surface area contributed by atoms with Crippen molar-refractivity contribution in [2.24, 2.45) is 5.41 Å². The van der Waals surface area contributed by atoms with Crippen molar-refractivity contribution in [3.63, 3.8) is 0 Å². The summed E-state index contributed by atoms with van der Waals surface area (Å²) in [6.45, 7) is 8.37. The van der Waals surface area contributed by atoms with E-state index in [0.29, 0.717) is 19.5 Å². The maximum atomic E-state index is 14.5. The van der Waals surface area contributed by atoms with Gasteiger partial charge in [-0.15, -0.1) is 0 Å². The van der Waals surface area contributed by atoms with Crippen molar-refractivity contribution in [1.29, 1.82) is 0 Å². The molecular weight excluding hydrogens is 653 g/mol. The summed E-state index contributed by atoms with van der Waals surface area (Å²) in [6, 6.07) is 21.9. The third-order valence-corrected chi connectivity index (χ3v) is 9.64. The lowest BCUT2D eigenvalue weighted by Crippen LogP contribution is -2.60. The number of hydrogen-bond donors (Lipinski definition) is 2. The topological polar surface area (TPSA) is 121 Å². The number of urea groups is 1. The number of likely N-dealkylation sites (tertiary alicyclic amines) is 2. The van der Waals surface area contributed by atoms with Gasteiger partial charge in [-0.05, 0) is 47.6 Å². The molecule has 2 saturated heterocycles. The minimum atomic E-state index is -0.946. The highest BCUT2D eigenvalue weighted by atomic mass is 19.1. The highest BCUT2D eigenvalue weighted by molar-refractivity contribution is 5.92. The van der Waals surface area contributed by atoms with Crippen LogP contribution in [0.5, 0.6) is 0 Å². The standard InChI is InChI=1S/C39H48FN5O6/c1-26(43(5)38(49)51-25-28-14-10-7-11-15-28)35(46)42-34(39(2,3)4)36(47)44-21-20-31-33(44)32(50-24-29-16-18-30(40)19-17-29)23-45(31)37(48)41-22-27-12-8-6-9-13-27/h6-19,26,31-34H,20-25H2,1-5H3,(H,41,48)(H,42,46)/t26-,31+,32-,33-,34+/m0/s1. The molecule has 5 atom stereocenters. The molecule has 0 bridgehead atoms. The number of amides is 5. The van der Waals surface area contributed by atoms with Crippen LogP contribution in [0.2, 0.25) is 0 Å². The molecule has 51 heavy (non-hydrogen) atoms. The third-order valence-electron chi connectivity index (χ3n) is 9.64. The van der Waals surface area contributed by atoms with Crippen molar-refractivity contribution in [3.05, 3.63) is 107 Å². The number of hydrogen-bond acceptors (Lipinski definition) is 6. The van der Waals surface area contributed by atoms with E-state index >= 15 is 0 Å². The average Bonchev–Trinajstić information content (AvgIpc) is 3.72. The molecule has 2 aliphatic rings. The molecule has 272 valence electrons. The number of nitrogens with zero attached hydrogens (tertiary/aromatic N) is 3. The molecule has 5 amide bonds. The van der Waals surface area contributed by atoms with Crippen molar-refractivity contribution in [1.82, 2.24) is 25.3 Å². The van der Waals surface area contributed by atoms with E-state index in [0.717, 1.165) is 16.7 Å². The Hall–Kier alpha value is -4.97. The van der Waals surface area contributed by atoms with Gasteiger partial charge in [0, 0.05) is 20.1 Å². The first-order valence-corrected chi connectivity index (χ1v) is 17.3. The lowest BCUT2D eigenvalue weighted by atomic mass is 9.85. The van der Waals surface area contributed by atoms with Gasteiger partial charge in [0.05, 0.1) is 31.3 Å². The van der Waals surface area contributed by atoms with Gasteiger partial charge in [0.1, 0.15) is 24.5 Å². The molecule has 0 aliphatic carbocycles. The number of fused-ring (bicyclic) bond motifs is 1. The molecule has 0 radical (unpaired) electrons. The van der Waals surface area contributed by atoms with Crippen LogP contribution in [-0.2, 0) is 38.8 Å². The molecule has 2 fully saturated rings. The van der Waals surface area contributed by atoms with Gasteiger partial charge in [0.25, 0.3) is 0 Å². The zero-order chi connectivity index (χ0) is 36.7. The van der Waals surface area contributed by atoms with E-state index in [4.69, 9.17) is 9.47 Å². The van der Waals surface area contributed by atoms with Gasteiger partial charge >= 0.3 is 12.1 Å². The largest absolute Gasteiger partial charge is 0.445 e.